The van der Waals surface area contributed by atoms with E-state index in [9.17, 15) is 0 Å². The lowest BCUT2D eigenvalue weighted by molar-refractivity contribution is 0.287. The van der Waals surface area contributed by atoms with Crippen LogP contribution in [0.5, 0.6) is 5.75 Å². The van der Waals surface area contributed by atoms with Gasteiger partial charge in [0.05, 0.1) is 12.2 Å². The average molecular weight is 267 g/mol. The maximum Gasteiger partial charge on any atom is 0.169 e. The van der Waals surface area contributed by atoms with Crippen molar-refractivity contribution in [1.82, 2.24) is 15.0 Å². The zero-order chi connectivity index (χ0) is 13.0. The molecule has 0 radical (unpaired) electrons. The van der Waals surface area contributed by atoms with Gasteiger partial charge in [-0.2, -0.15) is 0 Å². The Kier molecular flexibility index (Phi) is 4.04. The van der Waals surface area contributed by atoms with Gasteiger partial charge in [0.2, 0.25) is 0 Å². The molecule has 0 amide bonds. The highest BCUT2D eigenvalue weighted by molar-refractivity contribution is 6.30. The summed E-state index contributed by atoms with van der Waals surface area (Å²) in [6.07, 6.45) is 0.805. The Bertz CT molecular complexity index is 509. The number of nitrogens with zero attached hydrogens (tertiary/aromatic N) is 3. The topological polar surface area (TPSA) is 66.0 Å². The van der Waals surface area contributed by atoms with E-state index in [0.717, 1.165) is 17.9 Å². The zero-order valence-electron chi connectivity index (χ0n) is 10.1. The van der Waals surface area contributed by atoms with Gasteiger partial charge in [-0.15, -0.1) is 5.10 Å². The first-order chi connectivity index (χ1) is 8.70. The normalized spacial score (nSPS) is 10.6. The molecule has 18 heavy (non-hydrogen) atoms. The van der Waals surface area contributed by atoms with Crippen molar-refractivity contribution in [3.63, 3.8) is 0 Å². The predicted octanol–water partition coefficient (Wildman–Crippen LogP) is 2.16. The highest BCUT2D eigenvalue weighted by Gasteiger charge is 2.07. The summed E-state index contributed by atoms with van der Waals surface area (Å²) in [5.74, 6) is 1.27. The van der Waals surface area contributed by atoms with Gasteiger partial charge in [0, 0.05) is 5.02 Å². The van der Waals surface area contributed by atoms with E-state index in [2.05, 4.69) is 10.3 Å². The number of benzene rings is 1. The standard InChI is InChI=1S/C12H15ClN4O/c1-2-11-12(14)15-16-17(11)7-8-18-10-5-3-9(13)4-6-10/h3-6H,2,7-8,14H2,1H3. The highest BCUT2D eigenvalue weighted by Crippen LogP contribution is 2.15. The highest BCUT2D eigenvalue weighted by atomic mass is 35.5. The van der Waals surface area contributed by atoms with Gasteiger partial charge in [0.25, 0.3) is 0 Å². The molecule has 6 heteroatoms. The van der Waals surface area contributed by atoms with Crippen molar-refractivity contribution in [3.05, 3.63) is 35.0 Å². The molecule has 2 N–H and O–H groups in total. The van der Waals surface area contributed by atoms with Gasteiger partial charge in [-0.3, -0.25) is 0 Å². The summed E-state index contributed by atoms with van der Waals surface area (Å²) in [6.45, 7) is 3.15. The summed E-state index contributed by atoms with van der Waals surface area (Å²) < 4.78 is 7.35. The molecule has 5 nitrogen and oxygen atoms in total. The van der Waals surface area contributed by atoms with Crippen molar-refractivity contribution >= 4 is 17.4 Å². The SMILES string of the molecule is CCc1c(N)nnn1CCOc1ccc(Cl)cc1. The number of aromatic nitrogens is 3. The van der Waals surface area contributed by atoms with Crippen molar-refractivity contribution in [1.29, 1.82) is 0 Å². The van der Waals surface area contributed by atoms with E-state index in [0.29, 0.717) is 24.0 Å². The van der Waals surface area contributed by atoms with E-state index in [1.807, 2.05) is 19.1 Å². The lowest BCUT2D eigenvalue weighted by Crippen LogP contribution is -2.12. The Morgan fingerprint density at radius 2 is 2.06 bits per heavy atom. The first-order valence-corrected chi connectivity index (χ1v) is 6.14. The van der Waals surface area contributed by atoms with Crippen LogP contribution in [0.25, 0.3) is 0 Å². The Morgan fingerprint density at radius 1 is 1.33 bits per heavy atom. The summed E-state index contributed by atoms with van der Waals surface area (Å²) in [5.41, 5.74) is 6.64. The molecule has 2 rings (SSSR count). The van der Waals surface area contributed by atoms with Crippen LogP contribution in [-0.4, -0.2) is 21.6 Å². The van der Waals surface area contributed by atoms with Crippen molar-refractivity contribution in [3.8, 4) is 5.75 Å². The van der Waals surface area contributed by atoms with Crippen LogP contribution < -0.4 is 10.5 Å². The van der Waals surface area contributed by atoms with Crippen LogP contribution in [-0.2, 0) is 13.0 Å². The van der Waals surface area contributed by atoms with E-state index in [-0.39, 0.29) is 0 Å². The quantitative estimate of drug-likeness (QED) is 0.901. The third kappa shape index (κ3) is 2.92. The van der Waals surface area contributed by atoms with Crippen LogP contribution in [0.3, 0.4) is 0 Å². The number of ether oxygens (including phenoxy) is 1. The molecule has 0 aliphatic heterocycles. The van der Waals surface area contributed by atoms with Gasteiger partial charge in [-0.25, -0.2) is 4.68 Å². The fraction of sp³-hybridized carbons (Fsp3) is 0.333. The molecule has 1 heterocycles. The number of hydrogen-bond acceptors (Lipinski definition) is 4. The van der Waals surface area contributed by atoms with Crippen molar-refractivity contribution < 1.29 is 4.74 Å². The van der Waals surface area contributed by atoms with Gasteiger partial charge in [-0.1, -0.05) is 23.7 Å². The second kappa shape index (κ2) is 5.73. The smallest absolute Gasteiger partial charge is 0.169 e. The fourth-order valence-corrected chi connectivity index (χ4v) is 1.80. The number of anilines is 1. The second-order valence-corrected chi connectivity index (χ2v) is 4.24. The summed E-state index contributed by atoms with van der Waals surface area (Å²) in [7, 11) is 0. The monoisotopic (exact) mass is 266 g/mol. The third-order valence-corrected chi connectivity index (χ3v) is 2.84. The first kappa shape index (κ1) is 12.7. The molecule has 0 aliphatic rings. The van der Waals surface area contributed by atoms with Gasteiger partial charge in [0.15, 0.2) is 5.82 Å². The minimum absolute atomic E-state index is 0.490. The van der Waals surface area contributed by atoms with Crippen LogP contribution >= 0.6 is 11.6 Å². The molecule has 2 aromatic rings. The van der Waals surface area contributed by atoms with E-state index in [1.54, 1.807) is 16.8 Å². The van der Waals surface area contributed by atoms with E-state index >= 15 is 0 Å². The summed E-state index contributed by atoms with van der Waals surface area (Å²) in [6, 6.07) is 7.25. The predicted molar refractivity (Wildman–Crippen MR) is 70.8 cm³/mol. The molecule has 0 bridgehead atoms. The molecule has 96 valence electrons. The van der Waals surface area contributed by atoms with Crippen LogP contribution in [0.4, 0.5) is 5.82 Å². The Labute approximate surface area is 111 Å². The van der Waals surface area contributed by atoms with Crippen LogP contribution in [0, 0.1) is 0 Å². The molecule has 1 aromatic carbocycles. The molecular weight excluding hydrogens is 252 g/mol. The second-order valence-electron chi connectivity index (χ2n) is 3.80. The number of hydrogen-bond donors (Lipinski definition) is 1. The van der Waals surface area contributed by atoms with Crippen LogP contribution in [0.1, 0.15) is 12.6 Å². The zero-order valence-corrected chi connectivity index (χ0v) is 10.9. The molecule has 0 saturated heterocycles. The molecule has 0 spiro atoms. The summed E-state index contributed by atoms with van der Waals surface area (Å²) >= 11 is 5.79. The van der Waals surface area contributed by atoms with Crippen molar-refractivity contribution in [2.45, 2.75) is 19.9 Å². The Balaban J connectivity index is 1.90. The minimum atomic E-state index is 0.490. The van der Waals surface area contributed by atoms with Crippen LogP contribution in [0.15, 0.2) is 24.3 Å². The molecule has 1 aromatic heterocycles. The largest absolute Gasteiger partial charge is 0.492 e. The fourth-order valence-electron chi connectivity index (χ4n) is 1.67. The van der Waals surface area contributed by atoms with Crippen molar-refractivity contribution in [2.75, 3.05) is 12.3 Å². The minimum Gasteiger partial charge on any atom is -0.492 e. The summed E-state index contributed by atoms with van der Waals surface area (Å²) in [4.78, 5) is 0. The van der Waals surface area contributed by atoms with Gasteiger partial charge in [0.1, 0.15) is 12.4 Å². The van der Waals surface area contributed by atoms with E-state index in [4.69, 9.17) is 22.1 Å². The van der Waals surface area contributed by atoms with Gasteiger partial charge >= 0.3 is 0 Å². The Hall–Kier alpha value is -1.75. The number of nitrogen functional groups attached to an aromatic ring is 1. The van der Waals surface area contributed by atoms with Crippen molar-refractivity contribution in [2.24, 2.45) is 0 Å². The summed E-state index contributed by atoms with van der Waals surface area (Å²) in [5, 5.41) is 8.51. The maximum atomic E-state index is 5.79. The molecular formula is C12H15ClN4O. The number of halogens is 1. The molecule has 0 saturated carbocycles. The van der Waals surface area contributed by atoms with Gasteiger partial charge in [-0.05, 0) is 30.7 Å². The maximum absolute atomic E-state index is 5.79. The Morgan fingerprint density at radius 3 is 2.72 bits per heavy atom. The van der Waals surface area contributed by atoms with E-state index in [1.165, 1.54) is 0 Å². The van der Waals surface area contributed by atoms with E-state index < -0.39 is 0 Å². The molecule has 0 aliphatic carbocycles. The number of rotatable bonds is 5. The first-order valence-electron chi connectivity index (χ1n) is 5.77. The van der Waals surface area contributed by atoms with Gasteiger partial charge < -0.3 is 10.5 Å². The lowest BCUT2D eigenvalue weighted by atomic mass is 10.3. The van der Waals surface area contributed by atoms with Crippen LogP contribution in [0.2, 0.25) is 5.02 Å². The lowest BCUT2D eigenvalue weighted by Gasteiger charge is -2.07. The molecule has 0 fully saturated rings. The molecule has 0 atom stereocenters. The average Bonchev–Trinajstić information content (AvgIpc) is 2.72. The third-order valence-electron chi connectivity index (χ3n) is 2.59. The number of nitrogens with two attached hydrogens (primary N) is 1. The molecule has 0 unspecified atom stereocenters.